The van der Waals surface area contributed by atoms with Gasteiger partial charge in [0, 0.05) is 5.57 Å². The smallest absolute Gasteiger partial charge is 0.334 e. The summed E-state index contributed by atoms with van der Waals surface area (Å²) in [6, 6.07) is 9.85. The van der Waals surface area contributed by atoms with Gasteiger partial charge >= 0.3 is 11.9 Å². The molecule has 1 aromatic carbocycles. The molecular weight excluding hydrogens is 292 g/mol. The Kier molecular flexibility index (Phi) is 5.74. The molecule has 0 spiro atoms. The van der Waals surface area contributed by atoms with Crippen LogP contribution in [-0.4, -0.2) is 25.7 Å². The van der Waals surface area contributed by atoms with Gasteiger partial charge in [-0.1, -0.05) is 36.4 Å². The van der Waals surface area contributed by atoms with Crippen molar-refractivity contribution >= 4 is 18.0 Å². The third kappa shape index (κ3) is 4.09. The minimum absolute atomic E-state index is 0.264. The molecular formula is C19H22O4. The van der Waals surface area contributed by atoms with Gasteiger partial charge in [-0.2, -0.15) is 0 Å². The van der Waals surface area contributed by atoms with Gasteiger partial charge in [-0.3, -0.25) is 4.79 Å². The van der Waals surface area contributed by atoms with E-state index in [4.69, 9.17) is 9.47 Å². The van der Waals surface area contributed by atoms with Crippen LogP contribution in [0.15, 0.2) is 47.1 Å². The van der Waals surface area contributed by atoms with E-state index in [1.807, 2.05) is 43.3 Å². The highest BCUT2D eigenvalue weighted by atomic mass is 16.5. The molecule has 0 saturated heterocycles. The second-order valence-electron chi connectivity index (χ2n) is 5.53. The molecule has 0 saturated carbocycles. The lowest BCUT2D eigenvalue weighted by molar-refractivity contribution is -0.148. The lowest BCUT2D eigenvalue weighted by atomic mass is 9.80. The zero-order valence-electron chi connectivity index (χ0n) is 13.8. The second-order valence-corrected chi connectivity index (χ2v) is 5.53. The molecule has 122 valence electrons. The Labute approximate surface area is 136 Å². The Morgan fingerprint density at radius 1 is 1.22 bits per heavy atom. The molecule has 23 heavy (non-hydrogen) atoms. The lowest BCUT2D eigenvalue weighted by Gasteiger charge is -2.26. The molecule has 0 fully saturated rings. The predicted octanol–water partition coefficient (Wildman–Crippen LogP) is 3.53. The zero-order valence-corrected chi connectivity index (χ0v) is 13.8. The fraction of sp³-hybridized carbons (Fsp3) is 0.368. The first kappa shape index (κ1) is 17.0. The van der Waals surface area contributed by atoms with Gasteiger partial charge in [0.2, 0.25) is 0 Å². The van der Waals surface area contributed by atoms with Gasteiger partial charge in [-0.25, -0.2) is 4.79 Å². The minimum atomic E-state index is -0.379. The molecule has 4 nitrogen and oxygen atoms in total. The molecule has 1 atom stereocenters. The summed E-state index contributed by atoms with van der Waals surface area (Å²) in [5.41, 5.74) is 3.46. The van der Waals surface area contributed by atoms with Crippen molar-refractivity contribution in [1.29, 1.82) is 0 Å². The van der Waals surface area contributed by atoms with Crippen molar-refractivity contribution in [3.05, 3.63) is 52.6 Å². The van der Waals surface area contributed by atoms with Gasteiger partial charge in [0.25, 0.3) is 0 Å². The quantitative estimate of drug-likeness (QED) is 0.798. The van der Waals surface area contributed by atoms with E-state index in [0.717, 1.165) is 16.7 Å². The summed E-state index contributed by atoms with van der Waals surface area (Å²) in [5, 5.41) is 0. The molecule has 0 amide bonds. The molecule has 4 heteroatoms. The van der Waals surface area contributed by atoms with Crippen molar-refractivity contribution in [3.63, 3.8) is 0 Å². The Morgan fingerprint density at radius 2 is 1.91 bits per heavy atom. The van der Waals surface area contributed by atoms with E-state index in [0.29, 0.717) is 25.0 Å². The van der Waals surface area contributed by atoms with Crippen LogP contribution in [0.25, 0.3) is 6.08 Å². The highest BCUT2D eigenvalue weighted by Crippen LogP contribution is 2.36. The molecule has 0 bridgehead atoms. The highest BCUT2D eigenvalue weighted by molar-refractivity contribution is 5.92. The van der Waals surface area contributed by atoms with E-state index in [9.17, 15) is 9.59 Å². The SMILES string of the molecule is CCOC(=O)C1CC(C(=O)OC)=C(C)/C(=C\c2ccccc2)C1. The normalized spacial score (nSPS) is 19.6. The van der Waals surface area contributed by atoms with Gasteiger partial charge in [0.1, 0.15) is 0 Å². The maximum Gasteiger partial charge on any atom is 0.334 e. The summed E-state index contributed by atoms with van der Waals surface area (Å²) in [4.78, 5) is 24.2. The largest absolute Gasteiger partial charge is 0.466 e. The van der Waals surface area contributed by atoms with Crippen molar-refractivity contribution in [2.45, 2.75) is 26.7 Å². The molecule has 0 aliphatic heterocycles. The monoisotopic (exact) mass is 314 g/mol. The van der Waals surface area contributed by atoms with Crippen molar-refractivity contribution in [3.8, 4) is 0 Å². The standard InChI is InChI=1S/C19H22O4/c1-4-23-18(20)16-11-15(10-14-8-6-5-7-9-14)13(2)17(12-16)19(21)22-3/h5-10,16H,4,11-12H2,1-3H3/b15-10-. The van der Waals surface area contributed by atoms with Crippen LogP contribution in [0.2, 0.25) is 0 Å². The van der Waals surface area contributed by atoms with Crippen LogP contribution in [0, 0.1) is 5.92 Å². The van der Waals surface area contributed by atoms with Gasteiger partial charge in [-0.05, 0) is 43.4 Å². The average molecular weight is 314 g/mol. The molecule has 0 heterocycles. The van der Waals surface area contributed by atoms with E-state index in [1.165, 1.54) is 7.11 Å². The number of esters is 2. The van der Waals surface area contributed by atoms with Crippen molar-refractivity contribution in [2.75, 3.05) is 13.7 Å². The second kappa shape index (κ2) is 7.77. The third-order valence-corrected chi connectivity index (χ3v) is 4.04. The first-order valence-electron chi connectivity index (χ1n) is 7.77. The van der Waals surface area contributed by atoms with Gasteiger partial charge in [-0.15, -0.1) is 0 Å². The van der Waals surface area contributed by atoms with Crippen LogP contribution >= 0.6 is 0 Å². The van der Waals surface area contributed by atoms with Crippen molar-refractivity contribution in [1.82, 2.24) is 0 Å². The molecule has 1 unspecified atom stereocenters. The Bertz CT molecular complexity index is 641. The van der Waals surface area contributed by atoms with E-state index in [-0.39, 0.29) is 17.9 Å². The van der Waals surface area contributed by atoms with Crippen molar-refractivity contribution < 1.29 is 19.1 Å². The Balaban J connectivity index is 2.40. The number of methoxy groups -OCH3 is 1. The number of ether oxygens (including phenoxy) is 2. The third-order valence-electron chi connectivity index (χ3n) is 4.04. The van der Waals surface area contributed by atoms with Crippen LogP contribution in [0.1, 0.15) is 32.3 Å². The summed E-state index contributed by atoms with van der Waals surface area (Å²) < 4.78 is 10.0. The minimum Gasteiger partial charge on any atom is -0.466 e. The fourth-order valence-corrected chi connectivity index (χ4v) is 2.79. The summed E-state index contributed by atoms with van der Waals surface area (Å²) >= 11 is 0. The van der Waals surface area contributed by atoms with Crippen LogP contribution in [0.4, 0.5) is 0 Å². The van der Waals surface area contributed by atoms with Gasteiger partial charge in [0.05, 0.1) is 19.6 Å². The number of carbonyl (C=O) groups is 2. The first-order valence-corrected chi connectivity index (χ1v) is 7.77. The maximum atomic E-state index is 12.1. The molecule has 1 aliphatic carbocycles. The van der Waals surface area contributed by atoms with E-state index >= 15 is 0 Å². The number of benzene rings is 1. The average Bonchev–Trinajstić information content (AvgIpc) is 2.57. The predicted molar refractivity (Wildman–Crippen MR) is 88.5 cm³/mol. The number of hydrogen-bond donors (Lipinski definition) is 0. The molecule has 2 rings (SSSR count). The summed E-state index contributed by atoms with van der Waals surface area (Å²) in [7, 11) is 1.36. The molecule has 1 aromatic rings. The Morgan fingerprint density at radius 3 is 2.52 bits per heavy atom. The van der Waals surface area contributed by atoms with Crippen LogP contribution in [0.5, 0.6) is 0 Å². The van der Waals surface area contributed by atoms with E-state index in [1.54, 1.807) is 6.92 Å². The molecule has 1 aliphatic rings. The Hall–Kier alpha value is -2.36. The zero-order chi connectivity index (χ0) is 16.8. The molecule has 0 aromatic heterocycles. The lowest BCUT2D eigenvalue weighted by Crippen LogP contribution is -2.25. The van der Waals surface area contributed by atoms with Crippen LogP contribution in [-0.2, 0) is 19.1 Å². The highest BCUT2D eigenvalue weighted by Gasteiger charge is 2.32. The van der Waals surface area contributed by atoms with E-state index < -0.39 is 0 Å². The topological polar surface area (TPSA) is 52.6 Å². The van der Waals surface area contributed by atoms with E-state index in [2.05, 4.69) is 0 Å². The molecule has 0 N–H and O–H groups in total. The summed E-state index contributed by atoms with van der Waals surface area (Å²) in [6.07, 6.45) is 2.95. The van der Waals surface area contributed by atoms with Gasteiger partial charge in [0.15, 0.2) is 0 Å². The number of allylic oxidation sites excluding steroid dienone is 2. The number of hydrogen-bond acceptors (Lipinski definition) is 4. The van der Waals surface area contributed by atoms with Gasteiger partial charge < -0.3 is 9.47 Å². The van der Waals surface area contributed by atoms with Crippen LogP contribution < -0.4 is 0 Å². The first-order chi connectivity index (χ1) is 11.1. The maximum absolute atomic E-state index is 12.1. The summed E-state index contributed by atoms with van der Waals surface area (Å²) in [5.74, 6) is -0.987. The van der Waals surface area contributed by atoms with Crippen LogP contribution in [0.3, 0.4) is 0 Å². The number of carbonyl (C=O) groups excluding carboxylic acids is 2. The molecule has 0 radical (unpaired) electrons. The summed E-state index contributed by atoms with van der Waals surface area (Å²) in [6.45, 7) is 4.02. The van der Waals surface area contributed by atoms with Crippen molar-refractivity contribution in [2.24, 2.45) is 5.92 Å². The fourth-order valence-electron chi connectivity index (χ4n) is 2.79. The number of rotatable bonds is 4.